The Morgan fingerprint density at radius 2 is 1.95 bits per heavy atom. The molecular formula is C15H14ClN3. The van der Waals surface area contributed by atoms with Crippen LogP contribution in [0, 0.1) is 13.8 Å². The van der Waals surface area contributed by atoms with Gasteiger partial charge in [0.05, 0.1) is 21.7 Å². The first-order valence-corrected chi connectivity index (χ1v) is 6.46. The van der Waals surface area contributed by atoms with Crippen LogP contribution < -0.4 is 5.73 Å². The maximum absolute atomic E-state index is 6.30. The van der Waals surface area contributed by atoms with Gasteiger partial charge >= 0.3 is 0 Å². The van der Waals surface area contributed by atoms with E-state index in [2.05, 4.69) is 4.98 Å². The smallest absolute Gasteiger partial charge is 0.205 e. The van der Waals surface area contributed by atoms with Crippen molar-refractivity contribution in [1.29, 1.82) is 0 Å². The van der Waals surface area contributed by atoms with Crippen LogP contribution in [0.15, 0.2) is 36.4 Å². The van der Waals surface area contributed by atoms with E-state index in [9.17, 15) is 0 Å². The average molecular weight is 272 g/mol. The van der Waals surface area contributed by atoms with Crippen LogP contribution in [0.2, 0.25) is 5.02 Å². The van der Waals surface area contributed by atoms with Crippen molar-refractivity contribution in [3.63, 3.8) is 0 Å². The Hall–Kier alpha value is -2.00. The number of hydrogen-bond acceptors (Lipinski definition) is 2. The molecular weight excluding hydrogens is 258 g/mol. The van der Waals surface area contributed by atoms with Gasteiger partial charge in [-0.25, -0.2) is 4.98 Å². The first kappa shape index (κ1) is 12.1. The lowest BCUT2D eigenvalue weighted by Gasteiger charge is -2.09. The fraction of sp³-hybridized carbons (Fsp3) is 0.133. The lowest BCUT2D eigenvalue weighted by atomic mass is 10.2. The number of nitrogens with zero attached hydrogens (tertiary/aromatic N) is 2. The molecule has 0 aliphatic carbocycles. The molecule has 3 aromatic rings. The van der Waals surface area contributed by atoms with Crippen LogP contribution in [0.4, 0.5) is 5.95 Å². The number of anilines is 1. The van der Waals surface area contributed by atoms with Gasteiger partial charge in [0.25, 0.3) is 0 Å². The zero-order valence-corrected chi connectivity index (χ0v) is 11.6. The average Bonchev–Trinajstić information content (AvgIpc) is 2.70. The standard InChI is InChI=1S/C15H14ClN3/c1-9-6-7-11(16)13(8-9)19-12-5-3-4-10(2)14(12)18-15(19)17/h3-8H,1-2H3,(H2,17,18). The van der Waals surface area contributed by atoms with Gasteiger partial charge in [0.2, 0.25) is 5.95 Å². The number of aryl methyl sites for hydroxylation is 2. The highest BCUT2D eigenvalue weighted by Gasteiger charge is 2.13. The van der Waals surface area contributed by atoms with Crippen molar-refractivity contribution in [2.24, 2.45) is 0 Å². The Balaban J connectivity index is 2.39. The van der Waals surface area contributed by atoms with Crippen LogP contribution in [0.25, 0.3) is 16.7 Å². The number of rotatable bonds is 1. The fourth-order valence-corrected chi connectivity index (χ4v) is 2.51. The van der Waals surface area contributed by atoms with Gasteiger partial charge in [0, 0.05) is 0 Å². The number of hydrogen-bond donors (Lipinski definition) is 1. The summed E-state index contributed by atoms with van der Waals surface area (Å²) in [5.41, 5.74) is 11.1. The molecule has 19 heavy (non-hydrogen) atoms. The number of nitrogen functional groups attached to an aromatic ring is 1. The number of para-hydroxylation sites is 1. The molecule has 1 heterocycles. The second-order valence-electron chi connectivity index (χ2n) is 4.70. The third-order valence-corrected chi connectivity index (χ3v) is 3.57. The summed E-state index contributed by atoms with van der Waals surface area (Å²) in [5.74, 6) is 0.455. The maximum atomic E-state index is 6.30. The minimum absolute atomic E-state index is 0.455. The van der Waals surface area contributed by atoms with E-state index in [0.29, 0.717) is 11.0 Å². The lowest BCUT2D eigenvalue weighted by Crippen LogP contribution is -2.01. The molecule has 2 N–H and O–H groups in total. The van der Waals surface area contributed by atoms with E-state index in [0.717, 1.165) is 27.8 Å². The fourth-order valence-electron chi connectivity index (χ4n) is 2.30. The third kappa shape index (κ3) is 1.87. The van der Waals surface area contributed by atoms with Crippen molar-refractivity contribution < 1.29 is 0 Å². The van der Waals surface area contributed by atoms with Crippen molar-refractivity contribution in [2.75, 3.05) is 5.73 Å². The third-order valence-electron chi connectivity index (χ3n) is 3.26. The minimum Gasteiger partial charge on any atom is -0.369 e. The zero-order valence-electron chi connectivity index (χ0n) is 10.8. The first-order chi connectivity index (χ1) is 9.08. The highest BCUT2D eigenvalue weighted by atomic mass is 35.5. The summed E-state index contributed by atoms with van der Waals surface area (Å²) in [6.45, 7) is 4.05. The van der Waals surface area contributed by atoms with Crippen molar-refractivity contribution in [2.45, 2.75) is 13.8 Å². The van der Waals surface area contributed by atoms with Crippen LogP contribution >= 0.6 is 11.6 Å². The second-order valence-corrected chi connectivity index (χ2v) is 5.11. The molecule has 4 heteroatoms. The SMILES string of the molecule is Cc1ccc(Cl)c(-n2c(N)nc3c(C)cccc32)c1. The van der Waals surface area contributed by atoms with Crippen LogP contribution in [-0.4, -0.2) is 9.55 Å². The van der Waals surface area contributed by atoms with Crippen molar-refractivity contribution >= 4 is 28.6 Å². The van der Waals surface area contributed by atoms with E-state index in [1.807, 2.05) is 54.8 Å². The first-order valence-electron chi connectivity index (χ1n) is 6.08. The molecule has 0 bridgehead atoms. The Morgan fingerprint density at radius 1 is 1.16 bits per heavy atom. The minimum atomic E-state index is 0.455. The highest BCUT2D eigenvalue weighted by molar-refractivity contribution is 6.32. The molecule has 3 nitrogen and oxygen atoms in total. The van der Waals surface area contributed by atoms with Gasteiger partial charge in [-0.05, 0) is 43.2 Å². The summed E-state index contributed by atoms with van der Waals surface area (Å²) in [5, 5.41) is 0.665. The number of nitrogens with two attached hydrogens (primary N) is 1. The van der Waals surface area contributed by atoms with Gasteiger partial charge in [-0.2, -0.15) is 0 Å². The summed E-state index contributed by atoms with van der Waals surface area (Å²) in [4.78, 5) is 4.44. The molecule has 0 aliphatic rings. The molecule has 0 fully saturated rings. The molecule has 0 radical (unpaired) electrons. The summed E-state index contributed by atoms with van der Waals surface area (Å²) >= 11 is 6.30. The monoisotopic (exact) mass is 271 g/mol. The van der Waals surface area contributed by atoms with Crippen LogP contribution in [0.1, 0.15) is 11.1 Å². The van der Waals surface area contributed by atoms with Crippen LogP contribution in [0.3, 0.4) is 0 Å². The van der Waals surface area contributed by atoms with E-state index < -0.39 is 0 Å². The highest BCUT2D eigenvalue weighted by Crippen LogP contribution is 2.29. The lowest BCUT2D eigenvalue weighted by molar-refractivity contribution is 1.10. The molecule has 2 aromatic carbocycles. The van der Waals surface area contributed by atoms with Crippen LogP contribution in [-0.2, 0) is 0 Å². The molecule has 0 saturated heterocycles. The zero-order chi connectivity index (χ0) is 13.6. The molecule has 96 valence electrons. The summed E-state index contributed by atoms with van der Waals surface area (Å²) in [6, 6.07) is 11.9. The normalized spacial score (nSPS) is 11.1. The molecule has 0 amide bonds. The summed E-state index contributed by atoms with van der Waals surface area (Å²) in [7, 11) is 0. The van der Waals surface area contributed by atoms with Crippen LogP contribution in [0.5, 0.6) is 0 Å². The second kappa shape index (κ2) is 4.28. The maximum Gasteiger partial charge on any atom is 0.205 e. The van der Waals surface area contributed by atoms with E-state index in [1.165, 1.54) is 0 Å². The van der Waals surface area contributed by atoms with E-state index in [-0.39, 0.29) is 0 Å². The van der Waals surface area contributed by atoms with Gasteiger partial charge in [-0.15, -0.1) is 0 Å². The number of aromatic nitrogens is 2. The number of halogens is 1. The molecule has 0 unspecified atom stereocenters. The van der Waals surface area contributed by atoms with E-state index >= 15 is 0 Å². The Kier molecular flexibility index (Phi) is 2.72. The largest absolute Gasteiger partial charge is 0.369 e. The molecule has 0 spiro atoms. The van der Waals surface area contributed by atoms with Gasteiger partial charge < -0.3 is 5.73 Å². The van der Waals surface area contributed by atoms with Crippen molar-refractivity contribution in [3.05, 3.63) is 52.5 Å². The number of fused-ring (bicyclic) bond motifs is 1. The number of imidazole rings is 1. The van der Waals surface area contributed by atoms with Crippen molar-refractivity contribution in [1.82, 2.24) is 9.55 Å². The molecule has 0 saturated carbocycles. The number of benzene rings is 2. The van der Waals surface area contributed by atoms with Gasteiger partial charge in [-0.3, -0.25) is 4.57 Å². The topological polar surface area (TPSA) is 43.8 Å². The summed E-state index contributed by atoms with van der Waals surface area (Å²) < 4.78 is 1.90. The molecule has 3 rings (SSSR count). The molecule has 0 aliphatic heterocycles. The van der Waals surface area contributed by atoms with E-state index in [4.69, 9.17) is 17.3 Å². The molecule has 0 atom stereocenters. The quantitative estimate of drug-likeness (QED) is 0.730. The Bertz CT molecular complexity index is 774. The predicted molar refractivity (Wildman–Crippen MR) is 80.0 cm³/mol. The molecule has 1 aromatic heterocycles. The van der Waals surface area contributed by atoms with Gasteiger partial charge in [0.15, 0.2) is 0 Å². The van der Waals surface area contributed by atoms with Gasteiger partial charge in [-0.1, -0.05) is 29.8 Å². The Morgan fingerprint density at radius 3 is 2.74 bits per heavy atom. The van der Waals surface area contributed by atoms with E-state index in [1.54, 1.807) is 0 Å². The summed E-state index contributed by atoms with van der Waals surface area (Å²) in [6.07, 6.45) is 0. The van der Waals surface area contributed by atoms with Crippen molar-refractivity contribution in [3.8, 4) is 5.69 Å². The van der Waals surface area contributed by atoms with Gasteiger partial charge in [0.1, 0.15) is 0 Å². The Labute approximate surface area is 116 Å². The predicted octanol–water partition coefficient (Wildman–Crippen LogP) is 3.88.